The van der Waals surface area contributed by atoms with Gasteiger partial charge in [-0.1, -0.05) is 32.8 Å². The summed E-state index contributed by atoms with van der Waals surface area (Å²) in [6.07, 6.45) is -1.19. The lowest BCUT2D eigenvalue weighted by molar-refractivity contribution is -0.140. The summed E-state index contributed by atoms with van der Waals surface area (Å²) in [5.74, 6) is -0.328. The van der Waals surface area contributed by atoms with Crippen molar-refractivity contribution >= 4 is 5.91 Å². The number of hydrogen-bond donors (Lipinski definition) is 0. The molecule has 1 heterocycles. The van der Waals surface area contributed by atoms with E-state index in [0.717, 1.165) is 6.08 Å². The highest BCUT2D eigenvalue weighted by Crippen LogP contribution is 2.34. The Morgan fingerprint density at radius 3 is 2.24 bits per heavy atom. The van der Waals surface area contributed by atoms with Gasteiger partial charge in [0.2, 0.25) is 5.91 Å². The Bertz CT molecular complexity index is 443. The quantitative estimate of drug-likeness (QED) is 0.725. The van der Waals surface area contributed by atoms with Crippen molar-refractivity contribution in [2.24, 2.45) is 5.41 Å². The third-order valence-corrected chi connectivity index (χ3v) is 3.84. The second kappa shape index (κ2) is 6.97. The van der Waals surface area contributed by atoms with E-state index in [1.165, 1.54) is 4.90 Å². The topological polar surface area (TPSA) is 44.1 Å². The lowest BCUT2D eigenvalue weighted by atomic mass is 9.79. The zero-order chi connectivity index (χ0) is 16.1. The van der Waals surface area contributed by atoms with Crippen molar-refractivity contribution in [2.75, 3.05) is 13.1 Å². The molecule has 1 amide bonds. The SMILES string of the molecule is CCCC(C#N)(CCC)C(=O)N1CC=C(C(F)(F)F)CC1. The highest BCUT2D eigenvalue weighted by atomic mass is 19.4. The first-order valence-electron chi connectivity index (χ1n) is 7.27. The monoisotopic (exact) mass is 302 g/mol. The molecule has 0 fully saturated rings. The Balaban J connectivity index is 2.89. The number of nitrogens with zero attached hydrogens (tertiary/aromatic N) is 2. The molecule has 21 heavy (non-hydrogen) atoms. The fraction of sp³-hybridized carbons (Fsp3) is 0.733. The Labute approximate surface area is 123 Å². The molecule has 0 aromatic carbocycles. The Hall–Kier alpha value is -1.51. The Kier molecular flexibility index (Phi) is 5.82. The summed E-state index contributed by atoms with van der Waals surface area (Å²) in [6.45, 7) is 3.76. The molecule has 0 unspecified atom stereocenters. The van der Waals surface area contributed by atoms with Crippen LogP contribution >= 0.6 is 0 Å². The summed E-state index contributed by atoms with van der Waals surface area (Å²) in [6, 6.07) is 2.12. The van der Waals surface area contributed by atoms with E-state index < -0.39 is 17.2 Å². The standard InChI is InChI=1S/C15H21F3N2O/c1-3-7-14(11-19,8-4-2)13(21)20-9-5-12(6-10-20)15(16,17)18/h5H,3-4,6-10H2,1-2H3. The molecule has 0 saturated heterocycles. The maximum absolute atomic E-state index is 12.6. The van der Waals surface area contributed by atoms with Crippen LogP contribution in [0.2, 0.25) is 0 Å². The Morgan fingerprint density at radius 1 is 1.33 bits per heavy atom. The molecule has 0 aromatic heterocycles. The van der Waals surface area contributed by atoms with Crippen molar-refractivity contribution in [2.45, 2.75) is 52.1 Å². The van der Waals surface area contributed by atoms with Gasteiger partial charge in [-0.25, -0.2) is 0 Å². The van der Waals surface area contributed by atoms with E-state index in [4.69, 9.17) is 0 Å². The van der Waals surface area contributed by atoms with E-state index in [2.05, 4.69) is 6.07 Å². The molecule has 0 aromatic rings. The van der Waals surface area contributed by atoms with Crippen molar-refractivity contribution in [3.05, 3.63) is 11.6 Å². The molecule has 6 heteroatoms. The van der Waals surface area contributed by atoms with Crippen LogP contribution in [0, 0.1) is 16.7 Å². The van der Waals surface area contributed by atoms with Crippen LogP contribution < -0.4 is 0 Å². The van der Waals surface area contributed by atoms with E-state index in [9.17, 15) is 23.2 Å². The summed E-state index contributed by atoms with van der Waals surface area (Å²) in [4.78, 5) is 14.0. The molecule has 0 bridgehead atoms. The van der Waals surface area contributed by atoms with Gasteiger partial charge in [0.25, 0.3) is 0 Å². The zero-order valence-electron chi connectivity index (χ0n) is 12.5. The molecular weight excluding hydrogens is 281 g/mol. The number of carbonyl (C=O) groups is 1. The van der Waals surface area contributed by atoms with E-state index in [0.29, 0.717) is 25.7 Å². The van der Waals surface area contributed by atoms with Gasteiger partial charge in [0.15, 0.2) is 0 Å². The van der Waals surface area contributed by atoms with Gasteiger partial charge in [0.05, 0.1) is 6.07 Å². The van der Waals surface area contributed by atoms with Crippen LogP contribution in [0.15, 0.2) is 11.6 Å². The number of amides is 1. The minimum absolute atomic E-state index is 0.0288. The van der Waals surface area contributed by atoms with Crippen LogP contribution in [-0.4, -0.2) is 30.1 Å². The molecular formula is C15H21F3N2O. The molecule has 3 nitrogen and oxygen atoms in total. The number of hydrogen-bond acceptors (Lipinski definition) is 2. The number of carbonyl (C=O) groups excluding carboxylic acids is 1. The van der Waals surface area contributed by atoms with E-state index in [1.807, 2.05) is 13.8 Å². The summed E-state index contributed by atoms with van der Waals surface area (Å²) >= 11 is 0. The van der Waals surface area contributed by atoms with Crippen LogP contribution in [0.3, 0.4) is 0 Å². The smallest absolute Gasteiger partial charge is 0.337 e. The Morgan fingerprint density at radius 2 is 1.90 bits per heavy atom. The van der Waals surface area contributed by atoms with Gasteiger partial charge in [-0.3, -0.25) is 4.79 Å². The lowest BCUT2D eigenvalue weighted by Gasteiger charge is -2.34. The number of rotatable bonds is 5. The van der Waals surface area contributed by atoms with Crippen molar-refractivity contribution in [1.82, 2.24) is 4.90 Å². The van der Waals surface area contributed by atoms with Crippen molar-refractivity contribution in [3.63, 3.8) is 0 Å². The summed E-state index contributed by atoms with van der Waals surface area (Å²) in [5, 5.41) is 9.43. The minimum atomic E-state index is -4.33. The van der Waals surface area contributed by atoms with Crippen LogP contribution in [0.25, 0.3) is 0 Å². The number of halogens is 3. The molecule has 0 atom stereocenters. The number of alkyl halides is 3. The maximum Gasteiger partial charge on any atom is 0.412 e. The van der Waals surface area contributed by atoms with Gasteiger partial charge in [-0.05, 0) is 19.3 Å². The molecule has 0 saturated carbocycles. The van der Waals surface area contributed by atoms with E-state index in [-0.39, 0.29) is 25.4 Å². The molecule has 0 aliphatic carbocycles. The van der Waals surface area contributed by atoms with Gasteiger partial charge in [0, 0.05) is 18.7 Å². The molecule has 1 aliphatic heterocycles. The molecule has 118 valence electrons. The minimum Gasteiger partial charge on any atom is -0.337 e. The largest absolute Gasteiger partial charge is 0.412 e. The average molecular weight is 302 g/mol. The predicted octanol–water partition coefficient (Wildman–Crippen LogP) is 3.82. The van der Waals surface area contributed by atoms with Crippen LogP contribution in [0.5, 0.6) is 0 Å². The van der Waals surface area contributed by atoms with Crippen LogP contribution in [-0.2, 0) is 4.79 Å². The van der Waals surface area contributed by atoms with Crippen molar-refractivity contribution < 1.29 is 18.0 Å². The summed E-state index contributed by atoms with van der Waals surface area (Å²) in [7, 11) is 0. The van der Waals surface area contributed by atoms with E-state index >= 15 is 0 Å². The first-order valence-corrected chi connectivity index (χ1v) is 7.27. The highest BCUT2D eigenvalue weighted by Gasteiger charge is 2.42. The molecule has 0 spiro atoms. The third kappa shape index (κ3) is 3.99. The molecule has 0 radical (unpaired) electrons. The van der Waals surface area contributed by atoms with Gasteiger partial charge < -0.3 is 4.90 Å². The maximum atomic E-state index is 12.6. The van der Waals surface area contributed by atoms with Crippen molar-refractivity contribution in [1.29, 1.82) is 5.26 Å². The van der Waals surface area contributed by atoms with Gasteiger partial charge >= 0.3 is 6.18 Å². The van der Waals surface area contributed by atoms with Gasteiger partial charge in [-0.15, -0.1) is 0 Å². The van der Waals surface area contributed by atoms with Crippen LogP contribution in [0.4, 0.5) is 13.2 Å². The molecule has 1 rings (SSSR count). The highest BCUT2D eigenvalue weighted by molar-refractivity contribution is 5.85. The molecule has 0 N–H and O–H groups in total. The van der Waals surface area contributed by atoms with Crippen LogP contribution in [0.1, 0.15) is 46.0 Å². The number of nitriles is 1. The summed E-state index contributed by atoms with van der Waals surface area (Å²) < 4.78 is 37.8. The first-order chi connectivity index (χ1) is 9.80. The fourth-order valence-electron chi connectivity index (χ4n) is 2.77. The predicted molar refractivity (Wildman–Crippen MR) is 73.2 cm³/mol. The van der Waals surface area contributed by atoms with Gasteiger partial charge in [0.1, 0.15) is 5.41 Å². The lowest BCUT2D eigenvalue weighted by Crippen LogP contribution is -2.45. The third-order valence-electron chi connectivity index (χ3n) is 3.84. The average Bonchev–Trinajstić information content (AvgIpc) is 2.45. The first kappa shape index (κ1) is 17.5. The van der Waals surface area contributed by atoms with E-state index in [1.54, 1.807) is 0 Å². The molecule has 1 aliphatic rings. The normalized spacial score (nSPS) is 16.4. The zero-order valence-corrected chi connectivity index (χ0v) is 12.5. The second-order valence-corrected chi connectivity index (χ2v) is 5.42. The van der Waals surface area contributed by atoms with Crippen molar-refractivity contribution in [3.8, 4) is 6.07 Å². The second-order valence-electron chi connectivity index (χ2n) is 5.42. The fourth-order valence-corrected chi connectivity index (χ4v) is 2.77. The van der Waals surface area contributed by atoms with Gasteiger partial charge in [-0.2, -0.15) is 18.4 Å². The summed E-state index contributed by atoms with van der Waals surface area (Å²) in [5.41, 5.74) is -1.67.